The number of carbonyl (C=O) groups is 1. The van der Waals surface area contributed by atoms with Gasteiger partial charge in [-0.3, -0.25) is 14.9 Å². The van der Waals surface area contributed by atoms with Gasteiger partial charge in [0.25, 0.3) is 5.91 Å². The van der Waals surface area contributed by atoms with Crippen molar-refractivity contribution in [1.82, 2.24) is 5.32 Å². The Bertz CT molecular complexity index is 417. The van der Waals surface area contributed by atoms with Gasteiger partial charge in [-0.2, -0.15) is 0 Å². The summed E-state index contributed by atoms with van der Waals surface area (Å²) in [6.45, 7) is 2.24. The summed E-state index contributed by atoms with van der Waals surface area (Å²) in [7, 11) is 1.34. The van der Waals surface area contributed by atoms with Crippen molar-refractivity contribution in [2.45, 2.75) is 6.92 Å². The normalized spacial score (nSPS) is 9.62. The molecule has 16 heavy (non-hydrogen) atoms. The summed E-state index contributed by atoms with van der Waals surface area (Å²) in [5.41, 5.74) is 0.0283. The van der Waals surface area contributed by atoms with Crippen LogP contribution in [0.1, 0.15) is 17.3 Å². The van der Waals surface area contributed by atoms with Crippen molar-refractivity contribution < 1.29 is 14.5 Å². The molecule has 0 heterocycles. The first-order chi connectivity index (χ1) is 7.60. The van der Waals surface area contributed by atoms with Crippen LogP contribution in [0.4, 0.5) is 5.69 Å². The molecule has 86 valence electrons. The van der Waals surface area contributed by atoms with Crippen LogP contribution in [0.25, 0.3) is 0 Å². The van der Waals surface area contributed by atoms with E-state index in [2.05, 4.69) is 5.32 Å². The molecule has 0 atom stereocenters. The van der Waals surface area contributed by atoms with E-state index < -0.39 is 4.92 Å². The summed E-state index contributed by atoms with van der Waals surface area (Å²) in [5, 5.41) is 13.3. The number of nitrogens with one attached hydrogen (secondary N) is 1. The molecule has 6 nitrogen and oxygen atoms in total. The molecule has 0 unspecified atom stereocenters. The van der Waals surface area contributed by atoms with Crippen LogP contribution < -0.4 is 10.1 Å². The van der Waals surface area contributed by atoms with Crippen LogP contribution >= 0.6 is 0 Å². The van der Waals surface area contributed by atoms with Crippen molar-refractivity contribution in [3.05, 3.63) is 33.9 Å². The first-order valence-corrected chi connectivity index (χ1v) is 4.70. The van der Waals surface area contributed by atoms with Crippen LogP contribution in [0.2, 0.25) is 0 Å². The molecule has 1 aromatic carbocycles. The highest BCUT2D eigenvalue weighted by Gasteiger charge is 2.17. The van der Waals surface area contributed by atoms with Crippen molar-refractivity contribution in [1.29, 1.82) is 0 Å². The number of benzene rings is 1. The van der Waals surface area contributed by atoms with E-state index in [9.17, 15) is 14.9 Å². The number of nitro groups is 1. The molecular formula is C10H12N2O4. The first-order valence-electron chi connectivity index (χ1n) is 4.70. The molecule has 0 saturated heterocycles. The lowest BCUT2D eigenvalue weighted by Gasteiger charge is -2.04. The molecule has 0 fully saturated rings. The minimum Gasteiger partial charge on any atom is -0.490 e. The van der Waals surface area contributed by atoms with Gasteiger partial charge in [0.15, 0.2) is 5.75 Å². The Morgan fingerprint density at radius 1 is 1.56 bits per heavy atom. The second kappa shape index (κ2) is 5.11. The molecule has 0 saturated carbocycles. The van der Waals surface area contributed by atoms with Crippen LogP contribution in [0, 0.1) is 10.1 Å². The Morgan fingerprint density at radius 2 is 2.25 bits per heavy atom. The fraction of sp³-hybridized carbons (Fsp3) is 0.300. The van der Waals surface area contributed by atoms with Crippen LogP contribution in [-0.2, 0) is 0 Å². The van der Waals surface area contributed by atoms with Gasteiger partial charge >= 0.3 is 5.69 Å². The second-order valence-corrected chi connectivity index (χ2v) is 3.00. The molecule has 1 amide bonds. The molecule has 6 heteroatoms. The van der Waals surface area contributed by atoms with Gasteiger partial charge in [-0.1, -0.05) is 0 Å². The van der Waals surface area contributed by atoms with E-state index >= 15 is 0 Å². The van der Waals surface area contributed by atoms with Gasteiger partial charge in [0.05, 0.1) is 12.0 Å². The van der Waals surface area contributed by atoms with Gasteiger partial charge in [0.1, 0.15) is 0 Å². The maximum atomic E-state index is 11.4. The highest BCUT2D eigenvalue weighted by molar-refractivity contribution is 5.95. The summed E-state index contributed by atoms with van der Waals surface area (Å²) in [5.74, 6) is -0.202. The quantitative estimate of drug-likeness (QED) is 0.618. The van der Waals surface area contributed by atoms with Crippen LogP contribution in [0.5, 0.6) is 5.75 Å². The molecule has 0 aliphatic heterocycles. The molecule has 0 aliphatic carbocycles. The van der Waals surface area contributed by atoms with Crippen molar-refractivity contribution in [3.63, 3.8) is 0 Å². The number of carbonyl (C=O) groups excluding carboxylic acids is 1. The lowest BCUT2D eigenvalue weighted by Crippen LogP contribution is -2.22. The third kappa shape index (κ3) is 2.47. The van der Waals surface area contributed by atoms with Gasteiger partial charge in [-0.25, -0.2) is 0 Å². The number of rotatable bonds is 4. The van der Waals surface area contributed by atoms with Gasteiger partial charge in [0.2, 0.25) is 0 Å². The van der Waals surface area contributed by atoms with E-state index in [1.165, 1.54) is 25.3 Å². The lowest BCUT2D eigenvalue weighted by atomic mass is 10.1. The van der Waals surface area contributed by atoms with Crippen LogP contribution in [0.15, 0.2) is 18.2 Å². The second-order valence-electron chi connectivity index (χ2n) is 3.00. The van der Waals surface area contributed by atoms with Crippen molar-refractivity contribution in [2.75, 3.05) is 13.7 Å². The number of methoxy groups -OCH3 is 1. The highest BCUT2D eigenvalue weighted by atomic mass is 16.6. The summed E-state index contributed by atoms with van der Waals surface area (Å²) in [6, 6.07) is 4.09. The van der Waals surface area contributed by atoms with Gasteiger partial charge in [-0.05, 0) is 19.1 Å². The summed E-state index contributed by atoms with van der Waals surface area (Å²) < 4.78 is 4.83. The van der Waals surface area contributed by atoms with Crippen LogP contribution in [0.3, 0.4) is 0 Å². The average molecular weight is 224 g/mol. The molecule has 0 bridgehead atoms. The Labute approximate surface area is 92.4 Å². The highest BCUT2D eigenvalue weighted by Crippen LogP contribution is 2.27. The topological polar surface area (TPSA) is 81.5 Å². The number of amides is 1. The largest absolute Gasteiger partial charge is 0.490 e. The third-order valence-corrected chi connectivity index (χ3v) is 1.98. The van der Waals surface area contributed by atoms with E-state index in [4.69, 9.17) is 4.74 Å². The predicted octanol–water partition coefficient (Wildman–Crippen LogP) is 1.35. The zero-order valence-corrected chi connectivity index (χ0v) is 9.02. The number of hydrogen-bond donors (Lipinski definition) is 1. The minimum atomic E-state index is -0.582. The molecule has 1 rings (SSSR count). The number of hydrogen-bond acceptors (Lipinski definition) is 4. The monoisotopic (exact) mass is 224 g/mol. The molecule has 0 aliphatic rings. The van der Waals surface area contributed by atoms with Gasteiger partial charge in [-0.15, -0.1) is 0 Å². The fourth-order valence-corrected chi connectivity index (χ4v) is 1.24. The van der Waals surface area contributed by atoms with Gasteiger partial charge in [0, 0.05) is 18.2 Å². The maximum absolute atomic E-state index is 11.4. The third-order valence-electron chi connectivity index (χ3n) is 1.98. The lowest BCUT2D eigenvalue weighted by molar-refractivity contribution is -0.385. The summed E-state index contributed by atoms with van der Waals surface area (Å²) in [4.78, 5) is 21.6. The van der Waals surface area contributed by atoms with Crippen molar-refractivity contribution in [3.8, 4) is 5.75 Å². The zero-order chi connectivity index (χ0) is 12.1. The van der Waals surface area contributed by atoms with E-state index in [1.54, 1.807) is 6.92 Å². The molecule has 1 aromatic rings. The average Bonchev–Trinajstić information content (AvgIpc) is 2.28. The van der Waals surface area contributed by atoms with E-state index in [-0.39, 0.29) is 22.9 Å². The van der Waals surface area contributed by atoms with Crippen molar-refractivity contribution >= 4 is 11.6 Å². The summed E-state index contributed by atoms with van der Waals surface area (Å²) >= 11 is 0. The molecular weight excluding hydrogens is 212 g/mol. The van der Waals surface area contributed by atoms with Gasteiger partial charge < -0.3 is 10.1 Å². The minimum absolute atomic E-state index is 0.137. The molecule has 1 N–H and O–H groups in total. The Hall–Kier alpha value is -2.11. The molecule has 0 radical (unpaired) electrons. The van der Waals surface area contributed by atoms with E-state index in [1.807, 2.05) is 0 Å². The number of nitrogens with zero attached hydrogens (tertiary/aromatic N) is 1. The zero-order valence-electron chi connectivity index (χ0n) is 9.02. The smallest absolute Gasteiger partial charge is 0.311 e. The number of ether oxygens (including phenoxy) is 1. The maximum Gasteiger partial charge on any atom is 0.311 e. The van der Waals surface area contributed by atoms with E-state index in [0.29, 0.717) is 6.54 Å². The Kier molecular flexibility index (Phi) is 3.82. The predicted molar refractivity (Wildman–Crippen MR) is 57.7 cm³/mol. The Balaban J connectivity index is 3.11. The number of nitro benzene ring substituents is 1. The molecule has 0 aromatic heterocycles. The van der Waals surface area contributed by atoms with Crippen LogP contribution in [-0.4, -0.2) is 24.5 Å². The standard InChI is InChI=1S/C10H12N2O4/c1-3-11-10(13)7-4-5-9(16-2)8(6-7)12(14)15/h4-6H,3H2,1-2H3,(H,11,13). The first kappa shape index (κ1) is 12.0. The van der Waals surface area contributed by atoms with E-state index in [0.717, 1.165) is 0 Å². The fourth-order valence-electron chi connectivity index (χ4n) is 1.24. The molecule has 0 spiro atoms. The summed E-state index contributed by atoms with van der Waals surface area (Å²) in [6.07, 6.45) is 0. The Morgan fingerprint density at radius 3 is 2.75 bits per heavy atom. The SMILES string of the molecule is CCNC(=O)c1ccc(OC)c([N+](=O)[O-])c1. The van der Waals surface area contributed by atoms with Crippen molar-refractivity contribution in [2.24, 2.45) is 0 Å².